The summed E-state index contributed by atoms with van der Waals surface area (Å²) in [5.41, 5.74) is 2.90. The molecule has 4 rings (SSSR count). The van der Waals surface area contributed by atoms with Crippen molar-refractivity contribution in [3.05, 3.63) is 75.4 Å². The Labute approximate surface area is 184 Å². The van der Waals surface area contributed by atoms with Gasteiger partial charge in [0.05, 0.1) is 16.9 Å². The third-order valence-corrected chi connectivity index (χ3v) is 5.49. The first-order valence-electron chi connectivity index (χ1n) is 9.38. The molecule has 10 heteroatoms. The van der Waals surface area contributed by atoms with Crippen LogP contribution in [0.2, 0.25) is 0 Å². The number of aromatic nitrogens is 3. The highest BCUT2D eigenvalue weighted by atomic mass is 79.9. The molecule has 1 N–H and O–H groups in total. The summed E-state index contributed by atoms with van der Waals surface area (Å²) in [5, 5.41) is 12.7. The average molecular weight is 489 g/mol. The van der Waals surface area contributed by atoms with Crippen LogP contribution in [-0.2, 0) is 25.7 Å². The normalized spacial score (nSPS) is 13.5. The van der Waals surface area contributed by atoms with Crippen LogP contribution < -0.4 is 10.2 Å². The maximum Gasteiger partial charge on any atom is 0.433 e. The maximum atomic E-state index is 12.7. The Balaban J connectivity index is 1.53. The Bertz CT molecular complexity index is 1140. The molecule has 0 bridgehead atoms. The van der Waals surface area contributed by atoms with E-state index in [2.05, 4.69) is 47.2 Å². The molecule has 0 amide bonds. The van der Waals surface area contributed by atoms with Crippen molar-refractivity contribution in [2.45, 2.75) is 25.7 Å². The van der Waals surface area contributed by atoms with Crippen LogP contribution in [0.1, 0.15) is 28.1 Å². The SMILES string of the molecule is N#Cc1cc(Br)ccc1N1CCc2ncnc(NCc3ccc(C(F)(F)F)nc3)c2C1. The molecular weight excluding hydrogens is 473 g/mol. The number of halogens is 4. The van der Waals surface area contributed by atoms with E-state index in [-0.39, 0.29) is 6.54 Å². The van der Waals surface area contributed by atoms with E-state index < -0.39 is 11.9 Å². The van der Waals surface area contributed by atoms with Crippen LogP contribution in [0, 0.1) is 11.3 Å². The lowest BCUT2D eigenvalue weighted by Crippen LogP contribution is -2.32. The van der Waals surface area contributed by atoms with Crippen LogP contribution in [-0.4, -0.2) is 21.5 Å². The summed E-state index contributed by atoms with van der Waals surface area (Å²) in [4.78, 5) is 14.3. The number of benzene rings is 1. The monoisotopic (exact) mass is 488 g/mol. The van der Waals surface area contributed by atoms with E-state index in [1.807, 2.05) is 12.1 Å². The number of hydrogen-bond donors (Lipinski definition) is 1. The van der Waals surface area contributed by atoms with Crippen LogP contribution in [0.4, 0.5) is 24.7 Å². The molecule has 1 aromatic carbocycles. The number of nitrogens with zero attached hydrogens (tertiary/aromatic N) is 5. The number of rotatable bonds is 4. The van der Waals surface area contributed by atoms with Gasteiger partial charge in [0.25, 0.3) is 0 Å². The van der Waals surface area contributed by atoms with Crippen LogP contribution >= 0.6 is 15.9 Å². The molecule has 0 saturated heterocycles. The lowest BCUT2D eigenvalue weighted by Gasteiger charge is -2.31. The second-order valence-corrected chi connectivity index (χ2v) is 7.91. The average Bonchev–Trinajstić information content (AvgIpc) is 2.77. The predicted molar refractivity (Wildman–Crippen MR) is 112 cm³/mol. The smallest absolute Gasteiger partial charge is 0.366 e. The summed E-state index contributed by atoms with van der Waals surface area (Å²) in [6.45, 7) is 1.50. The molecule has 6 nitrogen and oxygen atoms in total. The Hall–Kier alpha value is -3.19. The Morgan fingerprint density at radius 3 is 2.71 bits per heavy atom. The molecule has 1 aliphatic rings. The van der Waals surface area contributed by atoms with Gasteiger partial charge >= 0.3 is 6.18 Å². The largest absolute Gasteiger partial charge is 0.433 e. The van der Waals surface area contributed by atoms with E-state index in [4.69, 9.17) is 0 Å². The van der Waals surface area contributed by atoms with Crippen molar-refractivity contribution in [3.8, 4) is 6.07 Å². The molecule has 0 radical (unpaired) electrons. The summed E-state index contributed by atoms with van der Waals surface area (Å²) in [6, 6.07) is 10.2. The van der Waals surface area contributed by atoms with Gasteiger partial charge in [-0.2, -0.15) is 18.4 Å². The fourth-order valence-corrected chi connectivity index (χ4v) is 3.82. The van der Waals surface area contributed by atoms with E-state index in [9.17, 15) is 18.4 Å². The molecule has 0 fully saturated rings. The zero-order valence-corrected chi connectivity index (χ0v) is 17.7. The molecule has 158 valence electrons. The number of pyridine rings is 1. The van der Waals surface area contributed by atoms with Crippen LogP contribution in [0.25, 0.3) is 0 Å². The summed E-state index contributed by atoms with van der Waals surface area (Å²) in [5.74, 6) is 0.616. The molecule has 0 unspecified atom stereocenters. The van der Waals surface area contributed by atoms with Gasteiger partial charge in [-0.3, -0.25) is 4.98 Å². The van der Waals surface area contributed by atoms with Crippen LogP contribution in [0.15, 0.2) is 47.3 Å². The van der Waals surface area contributed by atoms with Gasteiger partial charge in [0.15, 0.2) is 0 Å². The van der Waals surface area contributed by atoms with Crippen LogP contribution in [0.3, 0.4) is 0 Å². The Morgan fingerprint density at radius 2 is 2.00 bits per heavy atom. The van der Waals surface area contributed by atoms with Crippen molar-refractivity contribution in [1.29, 1.82) is 5.26 Å². The molecule has 0 atom stereocenters. The van der Waals surface area contributed by atoms with E-state index in [1.165, 1.54) is 18.6 Å². The first-order valence-corrected chi connectivity index (χ1v) is 10.2. The molecule has 3 aromatic rings. The van der Waals surface area contributed by atoms with Gasteiger partial charge in [0.1, 0.15) is 23.9 Å². The molecule has 0 aliphatic carbocycles. The van der Waals surface area contributed by atoms with Gasteiger partial charge in [-0.15, -0.1) is 0 Å². The van der Waals surface area contributed by atoms with Gasteiger partial charge < -0.3 is 10.2 Å². The molecule has 31 heavy (non-hydrogen) atoms. The zero-order chi connectivity index (χ0) is 22.0. The van der Waals surface area contributed by atoms with Crippen molar-refractivity contribution in [3.63, 3.8) is 0 Å². The fourth-order valence-electron chi connectivity index (χ4n) is 3.46. The zero-order valence-electron chi connectivity index (χ0n) is 16.1. The number of alkyl halides is 3. The summed E-state index contributed by atoms with van der Waals surface area (Å²) in [7, 11) is 0. The van der Waals surface area contributed by atoms with E-state index in [1.54, 1.807) is 6.07 Å². The molecule has 2 aromatic heterocycles. The number of anilines is 2. The van der Waals surface area contributed by atoms with Crippen molar-refractivity contribution in [1.82, 2.24) is 15.0 Å². The first-order chi connectivity index (χ1) is 14.8. The topological polar surface area (TPSA) is 77.7 Å². The molecule has 0 spiro atoms. The first kappa shape index (κ1) is 21.1. The van der Waals surface area contributed by atoms with E-state index in [0.29, 0.717) is 36.5 Å². The standard InChI is InChI=1S/C21H16BrF3N6/c22-15-2-3-18(14(7-15)8-26)31-6-5-17-16(11-31)20(30-12-29-17)28-10-13-1-4-19(27-9-13)21(23,24)25/h1-4,7,9,12H,5-6,10-11H2,(H,28,29,30). The summed E-state index contributed by atoms with van der Waals surface area (Å²) in [6.07, 6.45) is -1.09. The second-order valence-electron chi connectivity index (χ2n) is 7.00. The van der Waals surface area contributed by atoms with Crippen molar-refractivity contribution in [2.75, 3.05) is 16.8 Å². The fraction of sp³-hybridized carbons (Fsp3) is 0.238. The predicted octanol–water partition coefficient (Wildman–Crippen LogP) is 4.70. The highest BCUT2D eigenvalue weighted by Crippen LogP contribution is 2.31. The Kier molecular flexibility index (Phi) is 5.78. The minimum absolute atomic E-state index is 0.274. The van der Waals surface area contributed by atoms with Gasteiger partial charge in [0.2, 0.25) is 0 Å². The van der Waals surface area contributed by atoms with Crippen molar-refractivity contribution < 1.29 is 13.2 Å². The second kappa shape index (κ2) is 8.51. The van der Waals surface area contributed by atoms with Gasteiger partial charge in [-0.1, -0.05) is 22.0 Å². The highest BCUT2D eigenvalue weighted by Gasteiger charge is 2.32. The number of nitrogens with one attached hydrogen (secondary N) is 1. The molecule has 1 aliphatic heterocycles. The quantitative estimate of drug-likeness (QED) is 0.573. The number of hydrogen-bond acceptors (Lipinski definition) is 6. The van der Waals surface area contributed by atoms with Crippen molar-refractivity contribution in [2.24, 2.45) is 0 Å². The van der Waals surface area contributed by atoms with Crippen molar-refractivity contribution >= 4 is 27.4 Å². The molecular formula is C21H16BrF3N6. The number of nitriles is 1. The van der Waals surface area contributed by atoms with Crippen LogP contribution in [0.5, 0.6) is 0 Å². The van der Waals surface area contributed by atoms with Gasteiger partial charge in [-0.25, -0.2) is 9.97 Å². The Morgan fingerprint density at radius 1 is 1.16 bits per heavy atom. The van der Waals surface area contributed by atoms with Gasteiger partial charge in [-0.05, 0) is 29.8 Å². The summed E-state index contributed by atoms with van der Waals surface area (Å²) < 4.78 is 38.9. The maximum absolute atomic E-state index is 12.7. The minimum Gasteiger partial charge on any atom is -0.366 e. The third-order valence-electron chi connectivity index (χ3n) is 5.00. The van der Waals surface area contributed by atoms with E-state index in [0.717, 1.165) is 27.5 Å². The minimum atomic E-state index is -4.46. The molecule has 0 saturated carbocycles. The third kappa shape index (κ3) is 4.61. The van der Waals surface area contributed by atoms with E-state index >= 15 is 0 Å². The lowest BCUT2D eigenvalue weighted by atomic mass is 10.0. The molecule has 3 heterocycles. The summed E-state index contributed by atoms with van der Waals surface area (Å²) >= 11 is 3.39. The lowest BCUT2D eigenvalue weighted by molar-refractivity contribution is -0.141. The number of fused-ring (bicyclic) bond motifs is 1. The highest BCUT2D eigenvalue weighted by molar-refractivity contribution is 9.10. The van der Waals surface area contributed by atoms with Gasteiger partial charge in [0, 0.05) is 42.3 Å².